The average Bonchev–Trinajstić information content (AvgIpc) is 2.70. The minimum absolute atomic E-state index is 0.0559. The first-order valence-corrected chi connectivity index (χ1v) is 10.1. The van der Waals surface area contributed by atoms with Crippen molar-refractivity contribution in [1.82, 2.24) is 4.90 Å². The number of aromatic hydroxyl groups is 1. The largest absolute Gasteiger partial charge is 0.872 e. The zero-order chi connectivity index (χ0) is 24.8. The number of nitrogens with zero attached hydrogens (tertiary/aromatic N) is 1. The number of hydrogen-bond acceptors (Lipinski definition) is 10. The average molecular weight is 459 g/mol. The van der Waals surface area contributed by atoms with E-state index in [1.807, 2.05) is 0 Å². The Morgan fingerprint density at radius 1 is 1.18 bits per heavy atom. The number of primary amides is 1. The van der Waals surface area contributed by atoms with E-state index in [0.29, 0.717) is 0 Å². The predicted octanol–water partition coefficient (Wildman–Crippen LogP) is -2.60. The number of phenolic OH excluding ortho intramolecular Hbond substituents is 1. The highest BCUT2D eigenvalue weighted by molar-refractivity contribution is 6.24. The summed E-state index contributed by atoms with van der Waals surface area (Å²) in [6.45, 7) is 1.23. The molecule has 1 fully saturated rings. The maximum Gasteiger partial charge on any atom is 0.255 e. The molecule has 1 aromatic carbocycles. The molecule has 1 aromatic rings. The van der Waals surface area contributed by atoms with E-state index < -0.39 is 86.6 Å². The summed E-state index contributed by atoms with van der Waals surface area (Å²) in [6.07, 6.45) is -1.91. The molecule has 0 aromatic heterocycles. The molecule has 0 heterocycles. The lowest BCUT2D eigenvalue weighted by molar-refractivity contribution is -0.250. The van der Waals surface area contributed by atoms with Crippen LogP contribution >= 0.6 is 0 Å². The normalized spacial score (nSPS) is 36.0. The lowest BCUT2D eigenvalue weighted by atomic mass is 9.53. The summed E-state index contributed by atoms with van der Waals surface area (Å²) in [4.78, 5) is 39.9. The van der Waals surface area contributed by atoms with Gasteiger partial charge in [-0.15, -0.1) is 0 Å². The molecule has 6 atom stereocenters. The van der Waals surface area contributed by atoms with Gasteiger partial charge in [-0.25, -0.2) is 0 Å². The minimum atomic E-state index is -3.06. The van der Waals surface area contributed by atoms with E-state index in [0.717, 1.165) is 0 Å². The third kappa shape index (κ3) is 2.61. The van der Waals surface area contributed by atoms with Crippen LogP contribution in [0, 0.1) is 11.8 Å². The number of Topliss-reactive ketones (excluding diaryl/α,β-unsaturated/α-hetero) is 2. The van der Waals surface area contributed by atoms with Crippen LogP contribution in [-0.2, 0) is 20.0 Å². The second kappa shape index (κ2) is 6.87. The summed E-state index contributed by atoms with van der Waals surface area (Å²) in [5.41, 5.74) is -2.17. The monoisotopic (exact) mass is 459 g/mol. The van der Waals surface area contributed by atoms with Crippen molar-refractivity contribution in [1.29, 1.82) is 0 Å². The molecule has 176 valence electrons. The van der Waals surface area contributed by atoms with Gasteiger partial charge >= 0.3 is 0 Å². The van der Waals surface area contributed by atoms with Crippen molar-refractivity contribution in [2.24, 2.45) is 17.6 Å². The first-order valence-electron chi connectivity index (χ1n) is 10.1. The number of ketones is 2. The van der Waals surface area contributed by atoms with Crippen molar-refractivity contribution in [2.45, 2.75) is 30.3 Å². The van der Waals surface area contributed by atoms with Crippen LogP contribution in [0.25, 0.3) is 5.76 Å². The van der Waals surface area contributed by atoms with Crippen LogP contribution in [0.3, 0.4) is 0 Å². The van der Waals surface area contributed by atoms with Gasteiger partial charge in [-0.05, 0) is 32.6 Å². The van der Waals surface area contributed by atoms with Gasteiger partial charge in [0.1, 0.15) is 17.1 Å². The van der Waals surface area contributed by atoms with E-state index in [1.165, 1.54) is 44.1 Å². The van der Waals surface area contributed by atoms with Crippen LogP contribution in [0.2, 0.25) is 0 Å². The molecule has 0 aliphatic heterocycles. The number of phenols is 1. The van der Waals surface area contributed by atoms with Gasteiger partial charge in [0.2, 0.25) is 0 Å². The minimum Gasteiger partial charge on any atom is -0.872 e. The van der Waals surface area contributed by atoms with E-state index in [4.69, 9.17) is 5.73 Å². The topological polar surface area (TPSA) is 205 Å². The molecule has 11 nitrogen and oxygen atoms in total. The molecule has 3 aliphatic carbocycles. The summed E-state index contributed by atoms with van der Waals surface area (Å²) in [7, 11) is 2.77. The van der Waals surface area contributed by atoms with Gasteiger partial charge in [0.25, 0.3) is 5.91 Å². The Labute approximate surface area is 187 Å². The molecule has 0 bridgehead atoms. The number of hydrogen-bond donors (Lipinski definition) is 6. The Morgan fingerprint density at radius 3 is 2.33 bits per heavy atom. The summed E-state index contributed by atoms with van der Waals surface area (Å²) in [5.74, 6) is -10.2. The highest BCUT2D eigenvalue weighted by Crippen LogP contribution is 2.56. The molecular weight excluding hydrogens is 436 g/mol. The molecule has 0 saturated heterocycles. The lowest BCUT2D eigenvalue weighted by Crippen LogP contribution is -2.72. The molecule has 0 spiro atoms. The Morgan fingerprint density at radius 2 is 1.79 bits per heavy atom. The van der Waals surface area contributed by atoms with Gasteiger partial charge in [0, 0.05) is 17.1 Å². The highest BCUT2D eigenvalue weighted by atomic mass is 16.4. The van der Waals surface area contributed by atoms with E-state index in [-0.39, 0.29) is 5.56 Å². The van der Waals surface area contributed by atoms with Crippen molar-refractivity contribution in [3.63, 3.8) is 0 Å². The van der Waals surface area contributed by atoms with Crippen molar-refractivity contribution >= 4 is 23.2 Å². The SMILES string of the molecule is CN(C)[C@@H]1C(=O)C(C(N)=O)=C(O)[C@]2(O)C(=O)C3=C([O-])c4c(O)cccc4[C@](C)(O)[C@@H]3[C@H](O)[C@H]12. The van der Waals surface area contributed by atoms with Crippen molar-refractivity contribution in [3.8, 4) is 5.75 Å². The van der Waals surface area contributed by atoms with Crippen LogP contribution in [0.4, 0.5) is 0 Å². The van der Waals surface area contributed by atoms with Crippen LogP contribution in [0.5, 0.6) is 5.75 Å². The van der Waals surface area contributed by atoms with Gasteiger partial charge < -0.3 is 36.4 Å². The zero-order valence-electron chi connectivity index (χ0n) is 17.9. The maximum absolute atomic E-state index is 13.6. The number of nitrogens with two attached hydrogens (primary N) is 1. The number of aliphatic hydroxyl groups is 4. The summed E-state index contributed by atoms with van der Waals surface area (Å²) in [5, 5.41) is 68.6. The first kappa shape index (κ1) is 22.9. The van der Waals surface area contributed by atoms with E-state index >= 15 is 0 Å². The smallest absolute Gasteiger partial charge is 0.255 e. The van der Waals surface area contributed by atoms with Crippen LogP contribution < -0.4 is 10.8 Å². The molecule has 7 N–H and O–H groups in total. The first-order chi connectivity index (χ1) is 15.2. The molecule has 4 rings (SSSR count). The van der Waals surface area contributed by atoms with E-state index in [9.17, 15) is 45.0 Å². The van der Waals surface area contributed by atoms with Crippen molar-refractivity contribution < 1.29 is 45.0 Å². The van der Waals surface area contributed by atoms with E-state index in [2.05, 4.69) is 0 Å². The Balaban J connectivity index is 2.11. The molecule has 1 saturated carbocycles. The number of carbonyl (C=O) groups excluding carboxylic acids is 3. The lowest BCUT2D eigenvalue weighted by Gasteiger charge is -2.56. The fourth-order valence-corrected chi connectivity index (χ4v) is 5.58. The number of likely N-dealkylation sites (N-methyl/N-ethyl adjacent to an activating group) is 1. The summed E-state index contributed by atoms with van der Waals surface area (Å²) in [6, 6.07) is 2.37. The fraction of sp³-hybridized carbons (Fsp3) is 0.409. The molecule has 3 aliphatic rings. The van der Waals surface area contributed by atoms with Crippen LogP contribution in [0.15, 0.2) is 35.1 Å². The number of rotatable bonds is 2. The standard InChI is InChI=1S/C22H24N2O9/c1-21(32)7-5-4-6-8(25)9(7)15(26)10-12(21)17(28)13-14(24(2)3)16(27)11(20(23)31)19(30)22(13,33)18(10)29/h4-6,12-14,17,25-26,28,30,32-33H,1-3H3,(H2,23,31)/p-1/t12-,13-,14-,17-,21-,22+/m0/s1. The molecule has 1 amide bonds. The molecule has 0 unspecified atom stereocenters. The number of benzene rings is 1. The van der Waals surface area contributed by atoms with Gasteiger partial charge in [-0.3, -0.25) is 19.3 Å². The number of aliphatic hydroxyl groups excluding tert-OH is 2. The Bertz CT molecular complexity index is 1180. The van der Waals surface area contributed by atoms with Gasteiger partial charge in [-0.1, -0.05) is 17.9 Å². The van der Waals surface area contributed by atoms with Crippen molar-refractivity contribution in [2.75, 3.05) is 14.1 Å². The third-order valence-corrected chi connectivity index (χ3v) is 7.01. The van der Waals surface area contributed by atoms with Crippen molar-refractivity contribution in [3.05, 3.63) is 46.2 Å². The second-order valence-corrected chi connectivity index (χ2v) is 9.04. The van der Waals surface area contributed by atoms with Crippen LogP contribution in [0.1, 0.15) is 18.1 Å². The van der Waals surface area contributed by atoms with Gasteiger partial charge in [0.15, 0.2) is 17.2 Å². The Kier molecular flexibility index (Phi) is 4.78. The molecule has 33 heavy (non-hydrogen) atoms. The zero-order valence-corrected chi connectivity index (χ0v) is 17.9. The van der Waals surface area contributed by atoms with Gasteiger partial charge in [-0.2, -0.15) is 0 Å². The number of amides is 1. The number of carbonyl (C=O) groups is 3. The number of fused-ring (bicyclic) bond motifs is 3. The maximum atomic E-state index is 13.6. The molecule has 0 radical (unpaired) electrons. The summed E-state index contributed by atoms with van der Waals surface area (Å²) >= 11 is 0. The highest BCUT2D eigenvalue weighted by Gasteiger charge is 2.69. The molecular formula is C22H23N2O9-. The van der Waals surface area contributed by atoms with E-state index in [1.54, 1.807) is 0 Å². The molecule has 11 heteroatoms. The van der Waals surface area contributed by atoms with Crippen LogP contribution in [-0.4, -0.2) is 79.7 Å². The summed E-state index contributed by atoms with van der Waals surface area (Å²) < 4.78 is 0. The predicted molar refractivity (Wildman–Crippen MR) is 109 cm³/mol. The fourth-order valence-electron chi connectivity index (χ4n) is 5.58. The Hall–Kier alpha value is -3.25. The van der Waals surface area contributed by atoms with Gasteiger partial charge in [0.05, 0.1) is 23.7 Å². The quantitative estimate of drug-likeness (QED) is 0.254. The third-order valence-electron chi connectivity index (χ3n) is 7.01. The second-order valence-electron chi connectivity index (χ2n) is 9.04.